The van der Waals surface area contributed by atoms with E-state index in [4.69, 9.17) is 14.2 Å². The number of aromatic hydroxyl groups is 1. The van der Waals surface area contributed by atoms with Gasteiger partial charge in [0.15, 0.2) is 6.10 Å². The maximum atomic E-state index is 14.2. The predicted molar refractivity (Wildman–Crippen MR) is 219 cm³/mol. The van der Waals surface area contributed by atoms with Crippen molar-refractivity contribution >= 4 is 35.4 Å². The number of hydrogen-bond donors (Lipinski definition) is 2. The fourth-order valence-electron chi connectivity index (χ4n) is 8.41. The maximum Gasteiger partial charge on any atom is 0.410 e. The molecule has 7 rings (SSSR count). The number of fused-ring (bicyclic) bond motifs is 1. The molecule has 0 unspecified atom stereocenters. The molecule has 4 amide bonds. The van der Waals surface area contributed by atoms with Crippen molar-refractivity contribution in [1.29, 1.82) is 0 Å². The number of urea groups is 1. The minimum Gasteiger partial charge on any atom is -0.507 e. The number of likely N-dealkylation sites (tertiary alicyclic amines) is 1. The number of piperazine rings is 1. The van der Waals surface area contributed by atoms with Crippen LogP contribution in [0.3, 0.4) is 0 Å². The van der Waals surface area contributed by atoms with Crippen LogP contribution in [-0.4, -0.2) is 146 Å². The lowest BCUT2D eigenvalue weighted by atomic mass is 10.0. The summed E-state index contributed by atoms with van der Waals surface area (Å²) in [7, 11) is 0. The third kappa shape index (κ3) is 10.0. The number of nitrogens with zero attached hydrogens (tertiary/aromatic N) is 5. The minimum atomic E-state index is -1.06. The van der Waals surface area contributed by atoms with Gasteiger partial charge in [0, 0.05) is 89.3 Å². The molecule has 0 bridgehead atoms. The van der Waals surface area contributed by atoms with Gasteiger partial charge in [0.05, 0.1) is 25.4 Å². The molecule has 310 valence electrons. The van der Waals surface area contributed by atoms with Crippen molar-refractivity contribution in [3.63, 3.8) is 0 Å². The summed E-state index contributed by atoms with van der Waals surface area (Å²) in [5.41, 5.74) is 5.55. The summed E-state index contributed by atoms with van der Waals surface area (Å²) in [5.74, 6) is -0.406. The molecule has 2 N–H and O–H groups in total. The molecule has 4 heterocycles. The first-order valence-corrected chi connectivity index (χ1v) is 20.6. The number of para-hydroxylation sites is 1. The number of carbonyl (C=O) groups excluding carboxylic acids is 4. The Morgan fingerprint density at radius 2 is 1.55 bits per heavy atom. The second kappa shape index (κ2) is 18.9. The Kier molecular flexibility index (Phi) is 13.3. The number of amides is 4. The lowest BCUT2D eigenvalue weighted by Crippen LogP contribution is -2.54. The first kappa shape index (κ1) is 40.8. The number of rotatable bonds is 11. The van der Waals surface area contributed by atoms with E-state index < -0.39 is 12.2 Å². The zero-order chi connectivity index (χ0) is 40.6. The van der Waals surface area contributed by atoms with Crippen LogP contribution < -0.4 is 10.2 Å². The van der Waals surface area contributed by atoms with E-state index in [0.717, 1.165) is 68.2 Å². The second-order valence-corrected chi connectivity index (χ2v) is 15.7. The van der Waals surface area contributed by atoms with Gasteiger partial charge in [-0.25, -0.2) is 14.4 Å². The van der Waals surface area contributed by atoms with E-state index >= 15 is 0 Å². The third-order valence-corrected chi connectivity index (χ3v) is 11.8. The van der Waals surface area contributed by atoms with Gasteiger partial charge < -0.3 is 44.2 Å². The highest BCUT2D eigenvalue weighted by atomic mass is 16.6. The SMILES string of the molecule is Cc1cc(C[C@@H](OC(=O)N2CCC(N3CCc4ccccc4NC3=O)CC2)C(=O)N2CCN(c3ccc(C(=O)OCCCN4CCOCC4)cc3)CC2)cc(C)c1O. The summed E-state index contributed by atoms with van der Waals surface area (Å²) >= 11 is 0. The summed E-state index contributed by atoms with van der Waals surface area (Å²) < 4.78 is 17.0. The van der Waals surface area contributed by atoms with Gasteiger partial charge >= 0.3 is 18.1 Å². The monoisotopic (exact) mass is 796 g/mol. The molecule has 3 aromatic rings. The number of nitrogens with one attached hydrogen (secondary N) is 1. The molecule has 0 spiro atoms. The van der Waals surface area contributed by atoms with E-state index in [-0.39, 0.29) is 36.1 Å². The molecule has 1 atom stereocenters. The zero-order valence-electron chi connectivity index (χ0n) is 33.7. The van der Waals surface area contributed by atoms with Crippen LogP contribution in [0, 0.1) is 13.8 Å². The van der Waals surface area contributed by atoms with Crippen molar-refractivity contribution in [3.05, 3.63) is 88.5 Å². The van der Waals surface area contributed by atoms with Crippen molar-refractivity contribution in [2.24, 2.45) is 0 Å². The van der Waals surface area contributed by atoms with Crippen molar-refractivity contribution < 1.29 is 38.5 Å². The summed E-state index contributed by atoms with van der Waals surface area (Å²) in [5, 5.41) is 13.4. The van der Waals surface area contributed by atoms with Crippen LogP contribution in [0.15, 0.2) is 60.7 Å². The van der Waals surface area contributed by atoms with Crippen molar-refractivity contribution in [1.82, 2.24) is 19.6 Å². The molecule has 4 aliphatic rings. The Bertz CT molecular complexity index is 1900. The fourth-order valence-corrected chi connectivity index (χ4v) is 8.41. The first-order valence-electron chi connectivity index (χ1n) is 20.6. The predicted octanol–water partition coefficient (Wildman–Crippen LogP) is 4.84. The van der Waals surface area contributed by atoms with E-state index in [1.165, 1.54) is 0 Å². The van der Waals surface area contributed by atoms with Crippen LogP contribution in [0.25, 0.3) is 0 Å². The molecular formula is C44H56N6O8. The molecule has 58 heavy (non-hydrogen) atoms. The number of piperidine rings is 1. The standard InChI is InChI=1S/C44H56N6O8/c1-31-28-33(29-32(2)40(31)51)30-39(58-44(55)49-16-13-37(14-17-49)50-18-12-34-6-3-4-7-38(34)45-43(50)54)41(52)48-21-19-47(20-22-48)36-10-8-35(9-11-36)42(53)57-25-5-15-46-23-26-56-27-24-46/h3-4,6-11,28-29,37,39,51H,5,12-27,30H2,1-2H3,(H,45,54)/t39-/m1/s1. The highest BCUT2D eigenvalue weighted by molar-refractivity contribution is 5.91. The molecule has 0 aromatic heterocycles. The average molecular weight is 797 g/mol. The summed E-state index contributed by atoms with van der Waals surface area (Å²) in [4.78, 5) is 63.5. The number of hydrogen-bond acceptors (Lipinski definition) is 10. The Hall–Kier alpha value is -5.34. The Balaban J connectivity index is 0.927. The van der Waals surface area contributed by atoms with Crippen LogP contribution in [0.4, 0.5) is 21.0 Å². The normalized spacial score (nSPS) is 18.6. The third-order valence-electron chi connectivity index (χ3n) is 11.8. The zero-order valence-corrected chi connectivity index (χ0v) is 33.7. The maximum absolute atomic E-state index is 14.2. The van der Waals surface area contributed by atoms with Crippen molar-refractivity contribution in [2.75, 3.05) is 95.5 Å². The van der Waals surface area contributed by atoms with Crippen LogP contribution in [0.2, 0.25) is 0 Å². The van der Waals surface area contributed by atoms with Crippen molar-refractivity contribution in [3.8, 4) is 5.75 Å². The average Bonchev–Trinajstić information content (AvgIpc) is 3.42. The van der Waals surface area contributed by atoms with E-state index in [1.807, 2.05) is 67.3 Å². The second-order valence-electron chi connectivity index (χ2n) is 15.7. The van der Waals surface area contributed by atoms with Gasteiger partial charge in [-0.05, 0) is 92.1 Å². The smallest absolute Gasteiger partial charge is 0.410 e. The number of anilines is 2. The molecule has 3 aromatic carbocycles. The number of phenolic OH excluding ortho intramolecular Hbond substituents is 1. The first-order chi connectivity index (χ1) is 28.1. The van der Waals surface area contributed by atoms with Crippen LogP contribution >= 0.6 is 0 Å². The molecule has 14 nitrogen and oxygen atoms in total. The van der Waals surface area contributed by atoms with Crippen LogP contribution in [-0.2, 0) is 31.8 Å². The molecule has 3 saturated heterocycles. The molecule has 0 aliphatic carbocycles. The molecular weight excluding hydrogens is 741 g/mol. The molecule has 4 aliphatic heterocycles. The van der Waals surface area contributed by atoms with Gasteiger partial charge in [-0.2, -0.15) is 0 Å². The number of ether oxygens (including phenoxy) is 3. The van der Waals surface area contributed by atoms with Crippen LogP contribution in [0.1, 0.15) is 51.9 Å². The van der Waals surface area contributed by atoms with Gasteiger partial charge in [0.25, 0.3) is 5.91 Å². The Morgan fingerprint density at radius 3 is 2.26 bits per heavy atom. The van der Waals surface area contributed by atoms with Crippen LogP contribution in [0.5, 0.6) is 5.75 Å². The molecule has 0 radical (unpaired) electrons. The molecule has 0 saturated carbocycles. The van der Waals surface area contributed by atoms with Gasteiger partial charge in [-0.3, -0.25) is 9.69 Å². The quantitative estimate of drug-likeness (QED) is 0.205. The topological polar surface area (TPSA) is 144 Å². The Labute approximate surface area is 340 Å². The number of esters is 1. The number of carbonyl (C=O) groups is 4. The Morgan fingerprint density at radius 1 is 0.862 bits per heavy atom. The summed E-state index contributed by atoms with van der Waals surface area (Å²) in [6.07, 6.45) is 1.30. The van der Waals surface area contributed by atoms with Gasteiger partial charge in [-0.1, -0.05) is 30.3 Å². The fraction of sp³-hybridized carbons (Fsp3) is 0.500. The highest BCUT2D eigenvalue weighted by Gasteiger charge is 2.35. The van der Waals surface area contributed by atoms with Gasteiger partial charge in [0.1, 0.15) is 5.75 Å². The van der Waals surface area contributed by atoms with Gasteiger partial charge in [0.2, 0.25) is 0 Å². The lowest BCUT2D eigenvalue weighted by Gasteiger charge is -2.39. The number of benzene rings is 3. The van der Waals surface area contributed by atoms with E-state index in [2.05, 4.69) is 15.1 Å². The largest absolute Gasteiger partial charge is 0.507 e. The number of aryl methyl sites for hydroxylation is 2. The molecule has 14 heteroatoms. The highest BCUT2D eigenvalue weighted by Crippen LogP contribution is 2.27. The lowest BCUT2D eigenvalue weighted by molar-refractivity contribution is -0.141. The number of morpholine rings is 1. The van der Waals surface area contributed by atoms with E-state index in [9.17, 15) is 24.3 Å². The molecule has 3 fully saturated rings. The minimum absolute atomic E-state index is 0.0178. The van der Waals surface area contributed by atoms with E-state index in [1.54, 1.807) is 21.9 Å². The van der Waals surface area contributed by atoms with Gasteiger partial charge in [-0.15, -0.1) is 0 Å². The number of phenols is 1. The van der Waals surface area contributed by atoms with E-state index in [0.29, 0.717) is 82.0 Å². The van der Waals surface area contributed by atoms with Crippen molar-refractivity contribution in [2.45, 2.75) is 58.1 Å². The summed E-state index contributed by atoms with van der Waals surface area (Å²) in [6, 6.07) is 18.7. The summed E-state index contributed by atoms with van der Waals surface area (Å²) in [6.45, 7) is 11.6.